The summed E-state index contributed by atoms with van der Waals surface area (Å²) in [5.74, 6) is 0. The number of benzene rings is 2. The lowest BCUT2D eigenvalue weighted by molar-refractivity contribution is 0.0397. The van der Waals surface area contributed by atoms with Crippen LogP contribution < -0.4 is 5.63 Å². The fourth-order valence-electron chi connectivity index (χ4n) is 3.44. The van der Waals surface area contributed by atoms with Crippen LogP contribution in [0.15, 0.2) is 81.2 Å². The minimum absolute atomic E-state index is 0.409. The van der Waals surface area contributed by atoms with E-state index in [9.17, 15) is 4.79 Å². The van der Waals surface area contributed by atoms with Crippen molar-refractivity contribution in [3.8, 4) is 16.9 Å². The van der Waals surface area contributed by atoms with Gasteiger partial charge in [0.05, 0.1) is 43.8 Å². The number of ether oxygens (including phenoxy) is 1. The second-order valence-electron chi connectivity index (χ2n) is 7.01. The third kappa shape index (κ3) is 3.62. The van der Waals surface area contributed by atoms with Crippen LogP contribution in [0.2, 0.25) is 0 Å². The Hall–Kier alpha value is -3.71. The number of hydrazone groups is 1. The van der Waals surface area contributed by atoms with Crippen LogP contribution in [0.4, 0.5) is 0 Å². The second-order valence-corrected chi connectivity index (χ2v) is 7.01. The van der Waals surface area contributed by atoms with Gasteiger partial charge in [-0.2, -0.15) is 10.2 Å². The first-order valence-corrected chi connectivity index (χ1v) is 9.83. The molecule has 7 heteroatoms. The maximum Gasteiger partial charge on any atom is 0.345 e. The van der Waals surface area contributed by atoms with Gasteiger partial charge in [-0.05, 0) is 24.3 Å². The van der Waals surface area contributed by atoms with Crippen LogP contribution in [-0.2, 0) is 4.74 Å². The quantitative estimate of drug-likeness (QED) is 0.388. The molecule has 0 atom stereocenters. The van der Waals surface area contributed by atoms with Gasteiger partial charge in [0.15, 0.2) is 0 Å². The van der Waals surface area contributed by atoms with Gasteiger partial charge in [-0.1, -0.05) is 36.4 Å². The highest BCUT2D eigenvalue weighted by molar-refractivity contribution is 5.90. The van der Waals surface area contributed by atoms with E-state index in [0.717, 1.165) is 29.7 Å². The fourth-order valence-corrected chi connectivity index (χ4v) is 3.44. The Labute approximate surface area is 172 Å². The third-order valence-corrected chi connectivity index (χ3v) is 5.01. The zero-order valence-corrected chi connectivity index (χ0v) is 16.3. The minimum atomic E-state index is -0.423. The monoisotopic (exact) mass is 400 g/mol. The van der Waals surface area contributed by atoms with Crippen LogP contribution in [0.5, 0.6) is 0 Å². The van der Waals surface area contributed by atoms with Crippen molar-refractivity contribution in [2.45, 2.75) is 0 Å². The SMILES string of the molecule is O=c1oc2ccccc2cc1-c1nn(-c2ccccc2)cc1C=NN1CCOCC1. The number of aromatic nitrogens is 2. The summed E-state index contributed by atoms with van der Waals surface area (Å²) >= 11 is 0. The molecule has 5 rings (SSSR count). The predicted octanol–water partition coefficient (Wildman–Crippen LogP) is 3.31. The van der Waals surface area contributed by atoms with Crippen LogP contribution in [0.1, 0.15) is 5.56 Å². The number of fused-ring (bicyclic) bond motifs is 1. The summed E-state index contributed by atoms with van der Waals surface area (Å²) in [5.41, 5.74) is 2.72. The number of morpholine rings is 1. The van der Waals surface area contributed by atoms with Crippen molar-refractivity contribution in [1.82, 2.24) is 14.8 Å². The molecule has 150 valence electrons. The number of nitrogens with zero attached hydrogens (tertiary/aromatic N) is 4. The molecule has 0 unspecified atom stereocenters. The predicted molar refractivity (Wildman–Crippen MR) is 115 cm³/mol. The van der Waals surface area contributed by atoms with Gasteiger partial charge >= 0.3 is 5.63 Å². The van der Waals surface area contributed by atoms with Crippen molar-refractivity contribution in [1.29, 1.82) is 0 Å². The second kappa shape index (κ2) is 7.96. The molecule has 0 bridgehead atoms. The molecule has 1 aliphatic rings. The molecule has 7 nitrogen and oxygen atoms in total. The van der Waals surface area contributed by atoms with Crippen LogP contribution >= 0.6 is 0 Å². The first kappa shape index (κ1) is 18.3. The number of para-hydroxylation sites is 2. The lowest BCUT2D eigenvalue weighted by Crippen LogP contribution is -2.32. The molecule has 2 aromatic heterocycles. The first-order chi connectivity index (χ1) is 14.8. The fraction of sp³-hybridized carbons (Fsp3) is 0.174. The zero-order chi connectivity index (χ0) is 20.3. The molecule has 0 saturated carbocycles. The van der Waals surface area contributed by atoms with Crippen molar-refractivity contribution >= 4 is 17.2 Å². The normalized spacial score (nSPS) is 14.6. The maximum absolute atomic E-state index is 12.8. The van der Waals surface area contributed by atoms with E-state index in [2.05, 4.69) is 5.10 Å². The van der Waals surface area contributed by atoms with Gasteiger partial charge in [-0.3, -0.25) is 5.01 Å². The average Bonchev–Trinajstić information content (AvgIpc) is 3.22. The van der Waals surface area contributed by atoms with E-state index in [1.165, 1.54) is 0 Å². The molecular weight excluding hydrogens is 380 g/mol. The van der Waals surface area contributed by atoms with E-state index in [1.807, 2.05) is 65.8 Å². The maximum atomic E-state index is 12.8. The Morgan fingerprint density at radius 2 is 1.77 bits per heavy atom. The molecule has 3 heterocycles. The van der Waals surface area contributed by atoms with Gasteiger partial charge < -0.3 is 9.15 Å². The molecule has 4 aromatic rings. The van der Waals surface area contributed by atoms with Crippen LogP contribution in [0.25, 0.3) is 27.9 Å². The topological polar surface area (TPSA) is 72.9 Å². The molecule has 0 amide bonds. The summed E-state index contributed by atoms with van der Waals surface area (Å²) < 4.78 is 12.7. The molecule has 0 aliphatic carbocycles. The molecule has 0 N–H and O–H groups in total. The van der Waals surface area contributed by atoms with Gasteiger partial charge in [0.25, 0.3) is 0 Å². The summed E-state index contributed by atoms with van der Waals surface area (Å²) in [4.78, 5) is 12.8. The van der Waals surface area contributed by atoms with Crippen molar-refractivity contribution in [2.24, 2.45) is 5.10 Å². The van der Waals surface area contributed by atoms with E-state index >= 15 is 0 Å². The minimum Gasteiger partial charge on any atom is -0.422 e. The van der Waals surface area contributed by atoms with E-state index in [0.29, 0.717) is 30.1 Å². The highest BCUT2D eigenvalue weighted by atomic mass is 16.5. The van der Waals surface area contributed by atoms with Gasteiger partial charge in [0.1, 0.15) is 11.3 Å². The molecule has 1 fully saturated rings. The number of hydrogen-bond acceptors (Lipinski definition) is 6. The van der Waals surface area contributed by atoms with Gasteiger partial charge in [-0.25, -0.2) is 9.48 Å². The standard InChI is InChI=1S/C23H20N4O3/c28-23-20(14-17-6-4-5-9-21(17)30-23)22-18(15-24-26-10-12-29-13-11-26)16-27(25-22)19-7-2-1-3-8-19/h1-9,14-16H,10-13H2. The molecule has 0 radical (unpaired) electrons. The summed E-state index contributed by atoms with van der Waals surface area (Å²) in [6, 6.07) is 19.0. The third-order valence-electron chi connectivity index (χ3n) is 5.01. The first-order valence-electron chi connectivity index (χ1n) is 9.83. The van der Waals surface area contributed by atoms with E-state index in [4.69, 9.17) is 14.3 Å². The molecule has 2 aromatic carbocycles. The van der Waals surface area contributed by atoms with Crippen molar-refractivity contribution in [3.63, 3.8) is 0 Å². The van der Waals surface area contributed by atoms with Crippen LogP contribution in [-0.4, -0.2) is 47.3 Å². The van der Waals surface area contributed by atoms with Gasteiger partial charge in [0, 0.05) is 17.1 Å². The van der Waals surface area contributed by atoms with Crippen LogP contribution in [0, 0.1) is 0 Å². The number of rotatable bonds is 4. The van der Waals surface area contributed by atoms with E-state index in [1.54, 1.807) is 17.0 Å². The Kier molecular flexibility index (Phi) is 4.86. The highest BCUT2D eigenvalue weighted by Gasteiger charge is 2.17. The summed E-state index contributed by atoms with van der Waals surface area (Å²) in [5, 5.41) is 12.1. The lowest BCUT2D eigenvalue weighted by Gasteiger charge is -2.23. The van der Waals surface area contributed by atoms with Crippen molar-refractivity contribution in [3.05, 3.63) is 82.8 Å². The van der Waals surface area contributed by atoms with E-state index in [-0.39, 0.29) is 0 Å². The molecule has 1 saturated heterocycles. The molecule has 30 heavy (non-hydrogen) atoms. The largest absolute Gasteiger partial charge is 0.422 e. The average molecular weight is 400 g/mol. The van der Waals surface area contributed by atoms with Gasteiger partial charge in [0.2, 0.25) is 0 Å². The lowest BCUT2D eigenvalue weighted by atomic mass is 10.1. The zero-order valence-electron chi connectivity index (χ0n) is 16.3. The Morgan fingerprint density at radius 3 is 2.60 bits per heavy atom. The number of hydrogen-bond donors (Lipinski definition) is 0. The molecule has 0 spiro atoms. The van der Waals surface area contributed by atoms with Crippen LogP contribution in [0.3, 0.4) is 0 Å². The summed E-state index contributed by atoms with van der Waals surface area (Å²) in [6.07, 6.45) is 3.63. The summed E-state index contributed by atoms with van der Waals surface area (Å²) in [6.45, 7) is 2.77. The summed E-state index contributed by atoms with van der Waals surface area (Å²) in [7, 11) is 0. The van der Waals surface area contributed by atoms with Crippen molar-refractivity contribution < 1.29 is 9.15 Å². The Morgan fingerprint density at radius 1 is 1.00 bits per heavy atom. The molecule has 1 aliphatic heterocycles. The smallest absolute Gasteiger partial charge is 0.345 e. The Balaban J connectivity index is 1.62. The van der Waals surface area contributed by atoms with Gasteiger partial charge in [-0.15, -0.1) is 0 Å². The highest BCUT2D eigenvalue weighted by Crippen LogP contribution is 2.23. The molecular formula is C23H20N4O3. The van der Waals surface area contributed by atoms with E-state index < -0.39 is 5.63 Å². The Bertz CT molecular complexity index is 1250. The van der Waals surface area contributed by atoms with Crippen molar-refractivity contribution in [2.75, 3.05) is 26.3 Å².